The molecule has 3 aliphatic rings. The number of benzene rings is 2. The van der Waals surface area contributed by atoms with Crippen LogP contribution in [0, 0.1) is 17.8 Å². The van der Waals surface area contributed by atoms with Crippen molar-refractivity contribution in [3.8, 4) is 0 Å². The smallest absolute Gasteiger partial charge is 0.250 e. The van der Waals surface area contributed by atoms with E-state index in [0.29, 0.717) is 36.5 Å². The maximum atomic E-state index is 14.3. The monoisotopic (exact) mass is 553 g/mol. The summed E-state index contributed by atoms with van der Waals surface area (Å²) < 4.78 is 6.66. The average molecular weight is 554 g/mol. The number of amides is 3. The highest BCUT2D eigenvalue weighted by molar-refractivity contribution is 6.30. The Hall–Kier alpha value is -2.94. The summed E-state index contributed by atoms with van der Waals surface area (Å²) in [5.74, 6) is -2.37. The van der Waals surface area contributed by atoms with Crippen molar-refractivity contribution in [1.82, 2.24) is 10.2 Å². The number of carbonyl (C=O) groups is 3. The van der Waals surface area contributed by atoms with Crippen molar-refractivity contribution in [1.29, 1.82) is 0 Å². The van der Waals surface area contributed by atoms with Crippen LogP contribution in [0.5, 0.6) is 0 Å². The number of ether oxygens (including phenoxy) is 1. The Balaban J connectivity index is 1.50. The number of aliphatic hydroxyl groups excluding tert-OH is 1. The van der Waals surface area contributed by atoms with Crippen LogP contribution >= 0.6 is 11.6 Å². The van der Waals surface area contributed by atoms with Gasteiger partial charge in [-0.2, -0.15) is 0 Å². The minimum atomic E-state index is -1.17. The number of rotatable bonds is 9. The molecule has 2 unspecified atom stereocenters. The van der Waals surface area contributed by atoms with Crippen LogP contribution in [0.1, 0.15) is 45.6 Å². The van der Waals surface area contributed by atoms with E-state index in [-0.39, 0.29) is 24.3 Å². The number of aliphatic hydroxyl groups is 1. The third-order valence-corrected chi connectivity index (χ3v) is 8.77. The number of hydrogen-bond donors (Lipinski definition) is 3. The van der Waals surface area contributed by atoms with Crippen LogP contribution in [-0.2, 0) is 25.7 Å². The molecule has 208 valence electrons. The van der Waals surface area contributed by atoms with Gasteiger partial charge in [0, 0.05) is 17.3 Å². The van der Waals surface area contributed by atoms with Gasteiger partial charge >= 0.3 is 0 Å². The van der Waals surface area contributed by atoms with Crippen molar-refractivity contribution >= 4 is 35.0 Å². The molecule has 3 saturated heterocycles. The second-order valence-corrected chi connectivity index (χ2v) is 12.1. The zero-order valence-electron chi connectivity index (χ0n) is 22.5. The molecule has 5 rings (SSSR count). The van der Waals surface area contributed by atoms with Gasteiger partial charge in [0.15, 0.2) is 0 Å². The molecule has 3 aliphatic heterocycles. The first-order valence-corrected chi connectivity index (χ1v) is 14.0. The first-order valence-electron chi connectivity index (χ1n) is 13.6. The zero-order valence-corrected chi connectivity index (χ0v) is 23.3. The summed E-state index contributed by atoms with van der Waals surface area (Å²) in [7, 11) is 0. The Morgan fingerprint density at radius 2 is 1.79 bits per heavy atom. The second-order valence-electron chi connectivity index (χ2n) is 11.6. The summed E-state index contributed by atoms with van der Waals surface area (Å²) in [6, 6.07) is 14.8. The molecule has 0 saturated carbocycles. The van der Waals surface area contributed by atoms with Crippen LogP contribution in [0.25, 0.3) is 0 Å². The van der Waals surface area contributed by atoms with Crippen molar-refractivity contribution in [2.45, 2.75) is 69.9 Å². The van der Waals surface area contributed by atoms with E-state index in [9.17, 15) is 19.5 Å². The fourth-order valence-corrected chi connectivity index (χ4v) is 7.04. The largest absolute Gasteiger partial charge is 0.394 e. The fourth-order valence-electron chi connectivity index (χ4n) is 6.92. The lowest BCUT2D eigenvalue weighted by Crippen LogP contribution is -2.56. The molecule has 3 N–H and O–H groups in total. The van der Waals surface area contributed by atoms with Crippen LogP contribution in [0.4, 0.5) is 5.69 Å². The normalized spacial score (nSPS) is 29.9. The van der Waals surface area contributed by atoms with Crippen LogP contribution in [0.2, 0.25) is 5.02 Å². The minimum absolute atomic E-state index is 0.174. The molecule has 0 aliphatic carbocycles. The van der Waals surface area contributed by atoms with E-state index < -0.39 is 41.0 Å². The van der Waals surface area contributed by atoms with Gasteiger partial charge < -0.3 is 25.4 Å². The van der Waals surface area contributed by atoms with Gasteiger partial charge in [-0.05, 0) is 61.9 Å². The average Bonchev–Trinajstić information content (AvgIpc) is 3.48. The number of nitrogens with one attached hydrogen (secondary N) is 2. The molecule has 9 heteroatoms. The Morgan fingerprint density at radius 1 is 1.10 bits per heavy atom. The number of carbonyl (C=O) groups excluding carboxylic acids is 3. The van der Waals surface area contributed by atoms with Gasteiger partial charge in [-0.15, -0.1) is 0 Å². The predicted octanol–water partition coefficient (Wildman–Crippen LogP) is 3.77. The summed E-state index contributed by atoms with van der Waals surface area (Å²) in [6.45, 7) is 5.93. The number of likely N-dealkylation sites (tertiary alicyclic amines) is 1. The lowest BCUT2D eigenvalue weighted by Gasteiger charge is -2.37. The molecular weight excluding hydrogens is 518 g/mol. The quantitative estimate of drug-likeness (QED) is 0.438. The molecule has 8 nitrogen and oxygen atoms in total. The van der Waals surface area contributed by atoms with Gasteiger partial charge in [0.1, 0.15) is 11.6 Å². The third-order valence-electron chi connectivity index (χ3n) is 8.51. The number of hydrogen-bond acceptors (Lipinski definition) is 5. The minimum Gasteiger partial charge on any atom is -0.394 e. The molecule has 2 bridgehead atoms. The summed E-state index contributed by atoms with van der Waals surface area (Å²) in [4.78, 5) is 43.4. The van der Waals surface area contributed by atoms with Gasteiger partial charge in [-0.25, -0.2) is 0 Å². The molecule has 3 fully saturated rings. The van der Waals surface area contributed by atoms with E-state index in [1.165, 1.54) is 4.90 Å². The van der Waals surface area contributed by atoms with Crippen molar-refractivity contribution in [3.05, 3.63) is 65.2 Å². The zero-order chi connectivity index (χ0) is 27.9. The van der Waals surface area contributed by atoms with E-state index in [1.54, 1.807) is 24.3 Å². The Kier molecular flexibility index (Phi) is 7.48. The second kappa shape index (κ2) is 10.6. The molecular formula is C30H36ClN3O5. The van der Waals surface area contributed by atoms with Crippen LogP contribution in [0.3, 0.4) is 0 Å². The number of halogens is 1. The molecule has 6 atom stereocenters. The summed E-state index contributed by atoms with van der Waals surface area (Å²) in [6.07, 6.45) is 1.53. The van der Waals surface area contributed by atoms with E-state index >= 15 is 0 Å². The lowest BCUT2D eigenvalue weighted by molar-refractivity contribution is -0.148. The molecule has 1 spiro atoms. The molecule has 0 radical (unpaired) electrons. The maximum Gasteiger partial charge on any atom is 0.250 e. The summed E-state index contributed by atoms with van der Waals surface area (Å²) >= 11 is 6.02. The van der Waals surface area contributed by atoms with Gasteiger partial charge in [0.05, 0.1) is 30.1 Å². The highest BCUT2D eigenvalue weighted by atomic mass is 35.5. The molecule has 3 heterocycles. The van der Waals surface area contributed by atoms with Crippen molar-refractivity contribution in [3.63, 3.8) is 0 Å². The van der Waals surface area contributed by atoms with Crippen LogP contribution in [0.15, 0.2) is 54.6 Å². The standard InChI is InChI=1S/C30H36ClN3O5/c1-18(2)15-22(17-35)34-25(27(37)33-21-11-9-20(31)10-12-21)30-14-13-29(3,39-30)23(24(30)28(34)38)26(36)32-16-19-7-5-4-6-8-19/h4-12,18,22-25,35H,13-17H2,1-3H3,(H,32,36)(H,33,37)/t22-,23-,24+,25?,29+,30?/m1/s1. The summed E-state index contributed by atoms with van der Waals surface area (Å²) in [5.41, 5.74) is -0.552. The first-order chi connectivity index (χ1) is 18.6. The van der Waals surface area contributed by atoms with Gasteiger partial charge in [-0.3, -0.25) is 14.4 Å². The molecule has 2 aromatic rings. The SMILES string of the molecule is CC(C)C[C@H](CO)N1C(=O)[C@@H]2[C@H](C(=O)NCc3ccccc3)[C@]3(C)CCC2(O3)C1C(=O)Nc1ccc(Cl)cc1. The Labute approximate surface area is 234 Å². The fraction of sp³-hybridized carbons (Fsp3) is 0.500. The maximum absolute atomic E-state index is 14.3. The van der Waals surface area contributed by atoms with E-state index in [2.05, 4.69) is 10.6 Å². The number of anilines is 1. The van der Waals surface area contributed by atoms with Gasteiger partial charge in [0.25, 0.3) is 0 Å². The van der Waals surface area contributed by atoms with E-state index in [1.807, 2.05) is 51.1 Å². The van der Waals surface area contributed by atoms with Crippen LogP contribution < -0.4 is 10.6 Å². The van der Waals surface area contributed by atoms with Crippen molar-refractivity contribution in [2.75, 3.05) is 11.9 Å². The molecule has 0 aromatic heterocycles. The third kappa shape index (κ3) is 4.83. The highest BCUT2D eigenvalue weighted by Gasteiger charge is 2.78. The van der Waals surface area contributed by atoms with Crippen LogP contribution in [-0.4, -0.2) is 57.6 Å². The van der Waals surface area contributed by atoms with Crippen molar-refractivity contribution in [2.24, 2.45) is 17.8 Å². The Morgan fingerprint density at radius 3 is 2.44 bits per heavy atom. The van der Waals surface area contributed by atoms with Gasteiger partial charge in [0.2, 0.25) is 17.7 Å². The molecule has 2 aromatic carbocycles. The van der Waals surface area contributed by atoms with E-state index in [4.69, 9.17) is 16.3 Å². The van der Waals surface area contributed by atoms with E-state index in [0.717, 1.165) is 5.56 Å². The van der Waals surface area contributed by atoms with Crippen molar-refractivity contribution < 1.29 is 24.2 Å². The Bertz CT molecular complexity index is 1240. The first kappa shape index (κ1) is 27.6. The molecule has 3 amide bonds. The molecule has 39 heavy (non-hydrogen) atoms. The topological polar surface area (TPSA) is 108 Å². The highest BCUT2D eigenvalue weighted by Crippen LogP contribution is 2.63. The number of fused-ring (bicyclic) bond motifs is 1. The van der Waals surface area contributed by atoms with Gasteiger partial charge in [-0.1, -0.05) is 55.8 Å². The summed E-state index contributed by atoms with van der Waals surface area (Å²) in [5, 5.41) is 16.9. The number of nitrogens with zero attached hydrogens (tertiary/aromatic N) is 1. The lowest BCUT2D eigenvalue weighted by atomic mass is 9.66. The predicted molar refractivity (Wildman–Crippen MR) is 148 cm³/mol.